The zero-order valence-electron chi connectivity index (χ0n) is 15.1. The Kier molecular flexibility index (Phi) is 6.67. The molecule has 0 radical (unpaired) electrons. The van der Waals surface area contributed by atoms with Crippen LogP contribution in [0.3, 0.4) is 0 Å². The number of hydrogen-bond donors (Lipinski definition) is 2. The Bertz CT molecular complexity index is 838. The number of hydrogen-bond acceptors (Lipinski definition) is 7. The Balaban J connectivity index is 1.56. The number of rotatable bonds is 9. The standard InChI is InChI=1S/C19H22FN5OS/c1-2-3-10-26-18-9-8-17(24-25-18)23-19-22-16(12-27-19)15(21)11-13-4-6-14(20)7-5-13/h4-9,12,15H,2-3,10-11,21H2,1H3,(H,22,23,24). The van der Waals surface area contributed by atoms with Gasteiger partial charge in [0.25, 0.3) is 0 Å². The van der Waals surface area contributed by atoms with E-state index < -0.39 is 0 Å². The van der Waals surface area contributed by atoms with Crippen molar-refractivity contribution in [2.24, 2.45) is 5.73 Å². The lowest BCUT2D eigenvalue weighted by atomic mass is 10.0. The van der Waals surface area contributed by atoms with Crippen LogP contribution in [0, 0.1) is 5.82 Å². The molecule has 1 aromatic carbocycles. The Hall–Kier alpha value is -2.58. The lowest BCUT2D eigenvalue weighted by molar-refractivity contribution is 0.294. The van der Waals surface area contributed by atoms with Crippen molar-refractivity contribution in [3.05, 3.63) is 58.9 Å². The van der Waals surface area contributed by atoms with Crippen molar-refractivity contribution in [1.82, 2.24) is 15.2 Å². The predicted molar refractivity (Wildman–Crippen MR) is 105 cm³/mol. The summed E-state index contributed by atoms with van der Waals surface area (Å²) >= 11 is 1.45. The molecule has 3 rings (SSSR count). The van der Waals surface area contributed by atoms with Crippen LogP contribution in [0.15, 0.2) is 41.8 Å². The van der Waals surface area contributed by atoms with E-state index in [0.717, 1.165) is 24.1 Å². The minimum atomic E-state index is -0.261. The first-order valence-electron chi connectivity index (χ1n) is 8.83. The Morgan fingerprint density at radius 1 is 1.19 bits per heavy atom. The molecule has 2 aromatic heterocycles. The Labute approximate surface area is 161 Å². The molecular formula is C19H22FN5OS. The smallest absolute Gasteiger partial charge is 0.233 e. The van der Waals surface area contributed by atoms with E-state index in [1.807, 2.05) is 5.38 Å². The predicted octanol–water partition coefficient (Wildman–Crippen LogP) is 4.24. The van der Waals surface area contributed by atoms with Crippen LogP contribution in [-0.2, 0) is 6.42 Å². The van der Waals surface area contributed by atoms with Crippen LogP contribution in [0.2, 0.25) is 0 Å². The number of halogens is 1. The third-order valence-electron chi connectivity index (χ3n) is 3.89. The van der Waals surface area contributed by atoms with E-state index in [1.165, 1.54) is 23.5 Å². The molecule has 0 aliphatic carbocycles. The first-order valence-corrected chi connectivity index (χ1v) is 9.71. The first-order chi connectivity index (χ1) is 13.1. The number of benzene rings is 1. The summed E-state index contributed by atoms with van der Waals surface area (Å²) < 4.78 is 18.5. The largest absolute Gasteiger partial charge is 0.477 e. The number of ether oxygens (including phenoxy) is 1. The van der Waals surface area contributed by atoms with Gasteiger partial charge in [-0.05, 0) is 36.6 Å². The number of aromatic nitrogens is 3. The first kappa shape index (κ1) is 19.2. The third kappa shape index (κ3) is 5.70. The summed E-state index contributed by atoms with van der Waals surface area (Å²) in [4.78, 5) is 4.51. The van der Waals surface area contributed by atoms with E-state index in [-0.39, 0.29) is 11.9 Å². The zero-order chi connectivity index (χ0) is 19.1. The molecule has 27 heavy (non-hydrogen) atoms. The highest BCUT2D eigenvalue weighted by Crippen LogP contribution is 2.24. The van der Waals surface area contributed by atoms with Crippen molar-refractivity contribution in [1.29, 1.82) is 0 Å². The van der Waals surface area contributed by atoms with Crippen molar-refractivity contribution in [3.63, 3.8) is 0 Å². The molecule has 0 bridgehead atoms. The van der Waals surface area contributed by atoms with Gasteiger partial charge in [-0.3, -0.25) is 0 Å². The molecule has 0 saturated heterocycles. The minimum absolute atomic E-state index is 0.254. The molecule has 1 atom stereocenters. The van der Waals surface area contributed by atoms with Gasteiger partial charge in [0.1, 0.15) is 5.82 Å². The fourth-order valence-electron chi connectivity index (χ4n) is 2.39. The molecule has 0 fully saturated rings. The van der Waals surface area contributed by atoms with E-state index in [9.17, 15) is 4.39 Å². The van der Waals surface area contributed by atoms with Crippen LogP contribution < -0.4 is 15.8 Å². The molecular weight excluding hydrogens is 365 g/mol. The van der Waals surface area contributed by atoms with Gasteiger partial charge in [-0.1, -0.05) is 25.5 Å². The molecule has 2 heterocycles. The van der Waals surface area contributed by atoms with Gasteiger partial charge in [-0.2, -0.15) is 0 Å². The van der Waals surface area contributed by atoms with Crippen LogP contribution in [0.5, 0.6) is 5.88 Å². The summed E-state index contributed by atoms with van der Waals surface area (Å²) in [6.45, 7) is 2.75. The molecule has 3 N–H and O–H groups in total. The zero-order valence-corrected chi connectivity index (χ0v) is 15.9. The van der Waals surface area contributed by atoms with Gasteiger partial charge >= 0.3 is 0 Å². The van der Waals surface area contributed by atoms with Crippen molar-refractivity contribution in [2.75, 3.05) is 11.9 Å². The van der Waals surface area contributed by atoms with Crippen LogP contribution in [0.1, 0.15) is 37.1 Å². The lowest BCUT2D eigenvalue weighted by Gasteiger charge is -2.09. The molecule has 6 nitrogen and oxygen atoms in total. The quantitative estimate of drug-likeness (QED) is 0.534. The average Bonchev–Trinajstić information content (AvgIpc) is 3.14. The summed E-state index contributed by atoms with van der Waals surface area (Å²) in [7, 11) is 0. The second-order valence-electron chi connectivity index (χ2n) is 6.10. The van der Waals surface area contributed by atoms with Gasteiger partial charge in [-0.15, -0.1) is 21.5 Å². The van der Waals surface area contributed by atoms with Crippen molar-refractivity contribution < 1.29 is 9.13 Å². The maximum atomic E-state index is 13.0. The fraction of sp³-hybridized carbons (Fsp3) is 0.316. The molecule has 1 unspecified atom stereocenters. The maximum Gasteiger partial charge on any atom is 0.233 e. The summed E-state index contributed by atoms with van der Waals surface area (Å²) in [5, 5.41) is 13.9. The SMILES string of the molecule is CCCCOc1ccc(Nc2nc(C(N)Cc3ccc(F)cc3)cs2)nn1. The van der Waals surface area contributed by atoms with E-state index in [0.29, 0.717) is 29.9 Å². The van der Waals surface area contributed by atoms with Crippen molar-refractivity contribution in [2.45, 2.75) is 32.2 Å². The van der Waals surface area contributed by atoms with Crippen LogP contribution in [0.25, 0.3) is 0 Å². The second-order valence-corrected chi connectivity index (χ2v) is 6.96. The van der Waals surface area contributed by atoms with E-state index in [1.54, 1.807) is 24.3 Å². The normalized spacial score (nSPS) is 12.0. The number of thiazole rings is 1. The van der Waals surface area contributed by atoms with Gasteiger partial charge < -0.3 is 15.8 Å². The topological polar surface area (TPSA) is 86.0 Å². The lowest BCUT2D eigenvalue weighted by Crippen LogP contribution is -2.13. The molecule has 0 amide bonds. The fourth-order valence-corrected chi connectivity index (χ4v) is 3.17. The summed E-state index contributed by atoms with van der Waals surface area (Å²) in [6, 6.07) is 9.66. The van der Waals surface area contributed by atoms with Gasteiger partial charge in [0.05, 0.1) is 18.3 Å². The number of nitrogens with one attached hydrogen (secondary N) is 1. The third-order valence-corrected chi connectivity index (χ3v) is 4.67. The van der Waals surface area contributed by atoms with E-state index in [2.05, 4.69) is 27.4 Å². The van der Waals surface area contributed by atoms with Crippen LogP contribution >= 0.6 is 11.3 Å². The minimum Gasteiger partial charge on any atom is -0.477 e. The molecule has 0 aliphatic rings. The summed E-state index contributed by atoms with van der Waals surface area (Å²) in [5.74, 6) is 0.844. The monoisotopic (exact) mass is 387 g/mol. The Morgan fingerprint density at radius 2 is 2.00 bits per heavy atom. The highest BCUT2D eigenvalue weighted by molar-refractivity contribution is 7.13. The highest BCUT2D eigenvalue weighted by atomic mass is 32.1. The number of anilines is 2. The molecule has 142 valence electrons. The van der Waals surface area contributed by atoms with Gasteiger partial charge in [-0.25, -0.2) is 9.37 Å². The summed E-state index contributed by atoms with van der Waals surface area (Å²) in [5.41, 5.74) is 7.97. The van der Waals surface area contributed by atoms with Gasteiger partial charge in [0.2, 0.25) is 5.88 Å². The summed E-state index contributed by atoms with van der Waals surface area (Å²) in [6.07, 6.45) is 2.65. The van der Waals surface area contributed by atoms with Crippen molar-refractivity contribution in [3.8, 4) is 5.88 Å². The van der Waals surface area contributed by atoms with E-state index in [4.69, 9.17) is 10.5 Å². The van der Waals surface area contributed by atoms with Crippen LogP contribution in [-0.4, -0.2) is 21.8 Å². The maximum absolute atomic E-state index is 13.0. The second kappa shape index (κ2) is 9.38. The van der Waals surface area contributed by atoms with E-state index >= 15 is 0 Å². The molecule has 8 heteroatoms. The molecule has 3 aromatic rings. The molecule has 0 spiro atoms. The van der Waals surface area contributed by atoms with Gasteiger partial charge in [0.15, 0.2) is 10.9 Å². The highest BCUT2D eigenvalue weighted by Gasteiger charge is 2.12. The number of unbranched alkanes of at least 4 members (excludes halogenated alkanes) is 1. The Morgan fingerprint density at radius 3 is 2.70 bits per heavy atom. The number of nitrogens with zero attached hydrogens (tertiary/aromatic N) is 3. The number of nitrogens with two attached hydrogens (primary N) is 1. The molecule has 0 saturated carbocycles. The van der Waals surface area contributed by atoms with Crippen LogP contribution in [0.4, 0.5) is 15.3 Å². The average molecular weight is 387 g/mol. The molecule has 0 aliphatic heterocycles. The van der Waals surface area contributed by atoms with Gasteiger partial charge in [0, 0.05) is 11.4 Å². The van der Waals surface area contributed by atoms with Crippen molar-refractivity contribution >= 4 is 22.3 Å².